The highest BCUT2D eigenvalue weighted by Gasteiger charge is 2.19. The van der Waals surface area contributed by atoms with Gasteiger partial charge in [0, 0.05) is 30.3 Å². The third-order valence-corrected chi connectivity index (χ3v) is 5.18. The molecule has 0 N–H and O–H groups in total. The summed E-state index contributed by atoms with van der Waals surface area (Å²) in [5, 5.41) is 0. The molecule has 0 aliphatic rings. The van der Waals surface area contributed by atoms with Crippen molar-refractivity contribution >= 4 is 11.2 Å². The van der Waals surface area contributed by atoms with Gasteiger partial charge in [-0.3, -0.25) is 4.98 Å². The number of hydrogen-bond donors (Lipinski definition) is 0. The molecular formula is C22H30N4O. The zero-order valence-corrected chi connectivity index (χ0v) is 17.5. The minimum Gasteiger partial charge on any atom is -0.383 e. The largest absolute Gasteiger partial charge is 0.383 e. The fourth-order valence-corrected chi connectivity index (χ4v) is 3.56. The number of nitrogens with zero attached hydrogens (tertiary/aromatic N) is 4. The first-order valence-corrected chi connectivity index (χ1v) is 9.69. The van der Waals surface area contributed by atoms with E-state index in [1.165, 1.54) is 0 Å². The summed E-state index contributed by atoms with van der Waals surface area (Å²) in [5.41, 5.74) is 8.04. The molecule has 0 bridgehead atoms. The Morgan fingerprint density at radius 2 is 1.78 bits per heavy atom. The van der Waals surface area contributed by atoms with E-state index in [2.05, 4.69) is 57.5 Å². The quantitative estimate of drug-likeness (QED) is 0.606. The van der Waals surface area contributed by atoms with E-state index in [9.17, 15) is 0 Å². The smallest absolute Gasteiger partial charge is 0.159 e. The zero-order chi connectivity index (χ0) is 19.7. The van der Waals surface area contributed by atoms with Gasteiger partial charge in [0.1, 0.15) is 5.52 Å². The Morgan fingerprint density at radius 3 is 2.37 bits per heavy atom. The Morgan fingerprint density at radius 1 is 1.04 bits per heavy atom. The maximum atomic E-state index is 5.40. The van der Waals surface area contributed by atoms with Gasteiger partial charge in [-0.05, 0) is 50.8 Å². The fraction of sp³-hybridized carbons (Fsp3) is 0.500. The van der Waals surface area contributed by atoms with Crippen LogP contribution in [0.2, 0.25) is 0 Å². The number of fused-ring (bicyclic) bond motifs is 1. The summed E-state index contributed by atoms with van der Waals surface area (Å²) in [4.78, 5) is 14.7. The van der Waals surface area contributed by atoms with Crippen molar-refractivity contribution < 1.29 is 4.74 Å². The molecule has 27 heavy (non-hydrogen) atoms. The lowest BCUT2D eigenvalue weighted by Crippen LogP contribution is -2.13. The van der Waals surface area contributed by atoms with E-state index < -0.39 is 0 Å². The standard InChI is InChI=1S/C22H30N4O/c1-8-17(12-27-7)26-11-14(4)20-22(26)24-16(6)21(25-20)18-9-10-19(13(2)3)23-15(18)5/h9-11,13,17H,8,12H2,1-7H3. The Bertz CT molecular complexity index is 959. The topological polar surface area (TPSA) is 52.8 Å². The van der Waals surface area contributed by atoms with Crippen molar-refractivity contribution in [3.63, 3.8) is 0 Å². The van der Waals surface area contributed by atoms with E-state index in [-0.39, 0.29) is 6.04 Å². The average Bonchev–Trinajstić information content (AvgIpc) is 2.94. The van der Waals surface area contributed by atoms with Crippen LogP contribution in [0.5, 0.6) is 0 Å². The van der Waals surface area contributed by atoms with Crippen LogP contribution in [-0.2, 0) is 4.74 Å². The van der Waals surface area contributed by atoms with Crippen molar-refractivity contribution in [2.45, 2.75) is 59.9 Å². The molecule has 3 aromatic heterocycles. The zero-order valence-electron chi connectivity index (χ0n) is 17.5. The molecule has 5 heteroatoms. The molecule has 0 saturated carbocycles. The highest BCUT2D eigenvalue weighted by molar-refractivity contribution is 5.80. The summed E-state index contributed by atoms with van der Waals surface area (Å²) in [6.07, 6.45) is 3.13. The van der Waals surface area contributed by atoms with Gasteiger partial charge in [0.05, 0.1) is 24.0 Å². The number of rotatable bonds is 6. The lowest BCUT2D eigenvalue weighted by atomic mass is 10.0. The summed E-state index contributed by atoms with van der Waals surface area (Å²) in [5.74, 6) is 0.412. The second kappa shape index (κ2) is 7.77. The van der Waals surface area contributed by atoms with E-state index in [0.29, 0.717) is 12.5 Å². The molecule has 0 aromatic carbocycles. The summed E-state index contributed by atoms with van der Waals surface area (Å²) in [7, 11) is 1.74. The predicted octanol–water partition coefficient (Wildman–Crippen LogP) is 5.14. The van der Waals surface area contributed by atoms with Crippen LogP contribution in [0.25, 0.3) is 22.4 Å². The van der Waals surface area contributed by atoms with Gasteiger partial charge < -0.3 is 9.30 Å². The van der Waals surface area contributed by atoms with Crippen molar-refractivity contribution in [2.75, 3.05) is 13.7 Å². The van der Waals surface area contributed by atoms with Gasteiger partial charge >= 0.3 is 0 Å². The molecule has 1 unspecified atom stereocenters. The van der Waals surface area contributed by atoms with Crippen LogP contribution in [0.3, 0.4) is 0 Å². The van der Waals surface area contributed by atoms with Crippen LogP contribution in [0.15, 0.2) is 18.3 Å². The molecule has 0 radical (unpaired) electrons. The van der Waals surface area contributed by atoms with Crippen LogP contribution in [0, 0.1) is 20.8 Å². The first kappa shape index (κ1) is 19.5. The lowest BCUT2D eigenvalue weighted by molar-refractivity contribution is 0.154. The molecule has 0 fully saturated rings. The van der Waals surface area contributed by atoms with E-state index in [4.69, 9.17) is 19.7 Å². The van der Waals surface area contributed by atoms with Crippen molar-refractivity contribution in [3.8, 4) is 11.3 Å². The molecule has 0 spiro atoms. The van der Waals surface area contributed by atoms with Gasteiger partial charge in [-0.2, -0.15) is 0 Å². The molecule has 1 atom stereocenters. The number of aryl methyl sites for hydroxylation is 3. The first-order valence-electron chi connectivity index (χ1n) is 9.69. The number of aromatic nitrogens is 4. The third-order valence-electron chi connectivity index (χ3n) is 5.18. The molecular weight excluding hydrogens is 336 g/mol. The average molecular weight is 367 g/mol. The Balaban J connectivity index is 2.15. The van der Waals surface area contributed by atoms with E-state index >= 15 is 0 Å². The summed E-state index contributed by atoms with van der Waals surface area (Å²) >= 11 is 0. The third kappa shape index (κ3) is 3.61. The molecule has 0 amide bonds. The molecule has 5 nitrogen and oxygen atoms in total. The molecule has 0 saturated heterocycles. The van der Waals surface area contributed by atoms with E-state index in [0.717, 1.165) is 51.5 Å². The summed E-state index contributed by atoms with van der Waals surface area (Å²) in [6.45, 7) is 13.3. The monoisotopic (exact) mass is 366 g/mol. The van der Waals surface area contributed by atoms with Gasteiger partial charge in [-0.15, -0.1) is 0 Å². The van der Waals surface area contributed by atoms with Crippen LogP contribution in [0.1, 0.15) is 61.8 Å². The van der Waals surface area contributed by atoms with Crippen molar-refractivity contribution in [1.82, 2.24) is 19.5 Å². The Hall–Kier alpha value is -2.27. The van der Waals surface area contributed by atoms with Crippen molar-refractivity contribution in [3.05, 3.63) is 41.0 Å². The molecule has 3 rings (SSSR count). The minimum atomic E-state index is 0.263. The number of methoxy groups -OCH3 is 1. The summed E-state index contributed by atoms with van der Waals surface area (Å²) < 4.78 is 7.61. The van der Waals surface area contributed by atoms with Crippen LogP contribution in [0.4, 0.5) is 0 Å². The van der Waals surface area contributed by atoms with Crippen molar-refractivity contribution in [2.24, 2.45) is 0 Å². The number of ether oxygens (including phenoxy) is 1. The molecule has 0 aliphatic heterocycles. The maximum absolute atomic E-state index is 5.40. The highest BCUT2D eigenvalue weighted by Crippen LogP contribution is 2.30. The van der Waals surface area contributed by atoms with Gasteiger partial charge in [0.2, 0.25) is 0 Å². The van der Waals surface area contributed by atoms with Gasteiger partial charge in [0.15, 0.2) is 5.65 Å². The van der Waals surface area contributed by atoms with Crippen LogP contribution < -0.4 is 0 Å². The Labute approximate surface area is 161 Å². The molecule has 3 aromatic rings. The fourth-order valence-electron chi connectivity index (χ4n) is 3.56. The van der Waals surface area contributed by atoms with Gasteiger partial charge in [-0.1, -0.05) is 20.8 Å². The highest BCUT2D eigenvalue weighted by atomic mass is 16.5. The van der Waals surface area contributed by atoms with Crippen molar-refractivity contribution in [1.29, 1.82) is 0 Å². The van der Waals surface area contributed by atoms with E-state index in [1.807, 2.05) is 6.92 Å². The molecule has 0 aliphatic carbocycles. The molecule has 144 valence electrons. The number of pyridine rings is 1. The molecule has 3 heterocycles. The van der Waals surface area contributed by atoms with Crippen LogP contribution in [-0.4, -0.2) is 33.2 Å². The lowest BCUT2D eigenvalue weighted by Gasteiger charge is -2.17. The Kier molecular flexibility index (Phi) is 5.61. The van der Waals surface area contributed by atoms with E-state index in [1.54, 1.807) is 7.11 Å². The van der Waals surface area contributed by atoms with Gasteiger partial charge in [-0.25, -0.2) is 9.97 Å². The maximum Gasteiger partial charge on any atom is 0.159 e. The van der Waals surface area contributed by atoms with Gasteiger partial charge in [0.25, 0.3) is 0 Å². The normalized spacial score (nSPS) is 12.9. The first-order chi connectivity index (χ1) is 12.9. The van der Waals surface area contributed by atoms with Crippen LogP contribution >= 0.6 is 0 Å². The number of hydrogen-bond acceptors (Lipinski definition) is 4. The minimum absolute atomic E-state index is 0.263. The predicted molar refractivity (Wildman–Crippen MR) is 110 cm³/mol. The summed E-state index contributed by atoms with van der Waals surface area (Å²) in [6, 6.07) is 4.49. The second-order valence-corrected chi connectivity index (χ2v) is 7.59. The second-order valence-electron chi connectivity index (χ2n) is 7.59. The SMILES string of the molecule is CCC(COC)n1cc(C)c2nc(-c3ccc(C(C)C)nc3C)c(C)nc21.